The Morgan fingerprint density at radius 1 is 0.750 bits per heavy atom. The Balaban J connectivity index is 1.64. The van der Waals surface area contributed by atoms with E-state index >= 15 is 0 Å². The van der Waals surface area contributed by atoms with E-state index in [4.69, 9.17) is 23.2 Å². The molecular weight excluding hydrogens is 419 g/mol. The van der Waals surface area contributed by atoms with E-state index in [0.29, 0.717) is 21.4 Å². The summed E-state index contributed by atoms with van der Waals surface area (Å²) in [5.74, 6) is -0.211. The van der Waals surface area contributed by atoms with Crippen LogP contribution in [0.2, 0.25) is 10.0 Å². The normalized spacial score (nSPS) is 11.1. The quantitative estimate of drug-likeness (QED) is 0.574. The van der Waals surface area contributed by atoms with Gasteiger partial charge in [-0.3, -0.25) is 9.52 Å². The topological polar surface area (TPSA) is 75.3 Å². The van der Waals surface area contributed by atoms with Gasteiger partial charge in [-0.1, -0.05) is 35.3 Å². The molecule has 0 atom stereocenters. The van der Waals surface area contributed by atoms with Crippen LogP contribution in [0, 0.1) is 0 Å². The molecule has 0 unspecified atom stereocenters. The first-order valence-corrected chi connectivity index (χ1v) is 10.5. The summed E-state index contributed by atoms with van der Waals surface area (Å²) in [5.41, 5.74) is 1.74. The van der Waals surface area contributed by atoms with E-state index in [1.165, 1.54) is 24.3 Å². The van der Waals surface area contributed by atoms with Gasteiger partial charge >= 0.3 is 0 Å². The lowest BCUT2D eigenvalue weighted by Gasteiger charge is -2.10. The highest BCUT2D eigenvalue weighted by Gasteiger charge is 2.14. The average Bonchev–Trinajstić information content (AvgIpc) is 2.66. The van der Waals surface area contributed by atoms with Crippen LogP contribution < -0.4 is 10.0 Å². The first kappa shape index (κ1) is 20.2. The fourth-order valence-corrected chi connectivity index (χ4v) is 3.75. The largest absolute Gasteiger partial charge is 0.326 e. The number of hydrogen-bond acceptors (Lipinski definition) is 3. The van der Waals surface area contributed by atoms with Gasteiger partial charge < -0.3 is 5.32 Å². The van der Waals surface area contributed by atoms with Crippen LogP contribution >= 0.6 is 23.2 Å². The molecule has 0 aliphatic carbocycles. The number of carbonyl (C=O) groups is 1. The Morgan fingerprint density at radius 2 is 1.25 bits per heavy atom. The number of anilines is 2. The highest BCUT2D eigenvalue weighted by Crippen LogP contribution is 2.20. The van der Waals surface area contributed by atoms with Crippen molar-refractivity contribution in [3.8, 4) is 0 Å². The van der Waals surface area contributed by atoms with Crippen molar-refractivity contribution in [1.29, 1.82) is 0 Å². The number of sulfonamides is 1. The Hall–Kier alpha value is -2.54. The van der Waals surface area contributed by atoms with Crippen molar-refractivity contribution in [3.05, 3.63) is 88.4 Å². The van der Waals surface area contributed by atoms with Crippen molar-refractivity contribution in [1.82, 2.24) is 0 Å². The zero-order valence-electron chi connectivity index (χ0n) is 14.5. The zero-order chi connectivity index (χ0) is 20.1. The van der Waals surface area contributed by atoms with E-state index in [2.05, 4.69) is 10.0 Å². The molecule has 0 saturated heterocycles. The highest BCUT2D eigenvalue weighted by atomic mass is 35.5. The zero-order valence-corrected chi connectivity index (χ0v) is 16.9. The van der Waals surface area contributed by atoms with Crippen LogP contribution in [-0.2, 0) is 21.2 Å². The van der Waals surface area contributed by atoms with Crippen molar-refractivity contribution >= 4 is 50.5 Å². The molecule has 0 aromatic heterocycles. The number of amides is 1. The fraction of sp³-hybridized carbons (Fsp3) is 0.0500. The van der Waals surface area contributed by atoms with Crippen LogP contribution in [0.15, 0.2) is 77.7 Å². The smallest absolute Gasteiger partial charge is 0.261 e. The van der Waals surface area contributed by atoms with Crippen molar-refractivity contribution in [2.75, 3.05) is 10.0 Å². The predicted octanol–water partition coefficient (Wildman–Crippen LogP) is 4.98. The summed E-state index contributed by atoms with van der Waals surface area (Å²) >= 11 is 11.6. The standard InChI is InChI=1S/C20H16Cl2N2O3S/c21-15-3-1-14(2-4-15)13-20(25)23-17-9-11-19(12-10-17)28(26,27)24-18-7-5-16(22)6-8-18/h1-12,24H,13H2,(H,23,25). The van der Waals surface area contributed by atoms with Gasteiger partial charge in [0.05, 0.1) is 11.3 Å². The number of halogens is 2. The third kappa shape index (κ3) is 5.48. The van der Waals surface area contributed by atoms with E-state index in [9.17, 15) is 13.2 Å². The van der Waals surface area contributed by atoms with Gasteiger partial charge in [0.15, 0.2) is 0 Å². The summed E-state index contributed by atoms with van der Waals surface area (Å²) in [6, 6.07) is 19.3. The Bertz CT molecular complexity index is 1070. The van der Waals surface area contributed by atoms with Crippen LogP contribution in [0.25, 0.3) is 0 Å². The molecule has 3 aromatic rings. The lowest BCUT2D eigenvalue weighted by molar-refractivity contribution is -0.115. The van der Waals surface area contributed by atoms with E-state index in [-0.39, 0.29) is 17.2 Å². The van der Waals surface area contributed by atoms with Gasteiger partial charge in [0.1, 0.15) is 0 Å². The molecule has 0 heterocycles. The van der Waals surface area contributed by atoms with E-state index in [0.717, 1.165) is 5.56 Å². The summed E-state index contributed by atoms with van der Waals surface area (Å²) in [6.45, 7) is 0. The fourth-order valence-electron chi connectivity index (χ4n) is 2.44. The SMILES string of the molecule is O=C(Cc1ccc(Cl)cc1)Nc1ccc(S(=O)(=O)Nc2ccc(Cl)cc2)cc1. The molecule has 144 valence electrons. The van der Waals surface area contributed by atoms with Gasteiger partial charge in [0.2, 0.25) is 5.91 Å². The van der Waals surface area contributed by atoms with Crippen LogP contribution in [0.1, 0.15) is 5.56 Å². The molecule has 0 bridgehead atoms. The summed E-state index contributed by atoms with van der Waals surface area (Å²) in [6.07, 6.45) is 0.190. The third-order valence-electron chi connectivity index (χ3n) is 3.82. The molecule has 2 N–H and O–H groups in total. The minimum atomic E-state index is -3.74. The minimum Gasteiger partial charge on any atom is -0.326 e. The van der Waals surface area contributed by atoms with Gasteiger partial charge in [-0.25, -0.2) is 8.42 Å². The molecule has 0 radical (unpaired) electrons. The van der Waals surface area contributed by atoms with Crippen LogP contribution in [0.5, 0.6) is 0 Å². The Morgan fingerprint density at radius 3 is 1.82 bits per heavy atom. The molecule has 8 heteroatoms. The minimum absolute atomic E-state index is 0.0816. The van der Waals surface area contributed by atoms with Crippen molar-refractivity contribution < 1.29 is 13.2 Å². The summed E-state index contributed by atoms with van der Waals surface area (Å²) in [5, 5.41) is 3.86. The maximum Gasteiger partial charge on any atom is 0.261 e. The Kier molecular flexibility index (Phi) is 6.24. The summed E-state index contributed by atoms with van der Waals surface area (Å²) in [4.78, 5) is 12.2. The molecule has 0 spiro atoms. The second-order valence-corrected chi connectivity index (χ2v) is 8.54. The molecule has 28 heavy (non-hydrogen) atoms. The molecule has 3 aromatic carbocycles. The maximum absolute atomic E-state index is 12.4. The number of carbonyl (C=O) groups excluding carboxylic acids is 1. The molecule has 0 aliphatic heterocycles. The molecule has 5 nitrogen and oxygen atoms in total. The average molecular weight is 435 g/mol. The molecule has 0 saturated carbocycles. The lowest BCUT2D eigenvalue weighted by Crippen LogP contribution is -2.15. The molecular formula is C20H16Cl2N2O3S. The lowest BCUT2D eigenvalue weighted by atomic mass is 10.1. The summed E-state index contributed by atoms with van der Waals surface area (Å²) in [7, 11) is -3.74. The number of nitrogens with one attached hydrogen (secondary N) is 2. The van der Waals surface area contributed by atoms with E-state index in [1.54, 1.807) is 48.5 Å². The molecule has 3 rings (SSSR count). The predicted molar refractivity (Wildman–Crippen MR) is 112 cm³/mol. The second-order valence-electron chi connectivity index (χ2n) is 5.99. The van der Waals surface area contributed by atoms with E-state index in [1.807, 2.05) is 0 Å². The molecule has 0 fully saturated rings. The van der Waals surface area contributed by atoms with Crippen molar-refractivity contribution in [2.45, 2.75) is 11.3 Å². The number of hydrogen-bond donors (Lipinski definition) is 2. The molecule has 0 aliphatic rings. The Labute approximate surface area is 173 Å². The van der Waals surface area contributed by atoms with Crippen molar-refractivity contribution in [2.24, 2.45) is 0 Å². The van der Waals surface area contributed by atoms with Gasteiger partial charge in [-0.2, -0.15) is 0 Å². The van der Waals surface area contributed by atoms with Crippen LogP contribution in [0.3, 0.4) is 0 Å². The van der Waals surface area contributed by atoms with Crippen LogP contribution in [0.4, 0.5) is 11.4 Å². The summed E-state index contributed by atoms with van der Waals surface area (Å²) < 4.78 is 27.4. The molecule has 1 amide bonds. The van der Waals surface area contributed by atoms with Gasteiger partial charge in [-0.05, 0) is 66.2 Å². The van der Waals surface area contributed by atoms with Crippen molar-refractivity contribution in [3.63, 3.8) is 0 Å². The first-order valence-electron chi connectivity index (χ1n) is 8.24. The number of benzene rings is 3. The third-order valence-corrected chi connectivity index (χ3v) is 5.72. The van der Waals surface area contributed by atoms with E-state index < -0.39 is 10.0 Å². The van der Waals surface area contributed by atoms with Gasteiger partial charge in [0.25, 0.3) is 10.0 Å². The second kappa shape index (κ2) is 8.65. The maximum atomic E-state index is 12.4. The highest BCUT2D eigenvalue weighted by molar-refractivity contribution is 7.92. The van der Waals surface area contributed by atoms with Gasteiger partial charge in [0, 0.05) is 21.4 Å². The van der Waals surface area contributed by atoms with Gasteiger partial charge in [-0.15, -0.1) is 0 Å². The monoisotopic (exact) mass is 434 g/mol. The number of rotatable bonds is 6. The first-order chi connectivity index (χ1) is 13.3. The van der Waals surface area contributed by atoms with Crippen LogP contribution in [-0.4, -0.2) is 14.3 Å².